The lowest BCUT2D eigenvalue weighted by molar-refractivity contribution is -0.0124. The second-order valence-electron chi connectivity index (χ2n) is 7.38. The zero-order valence-corrected chi connectivity index (χ0v) is 15.9. The molecule has 3 heterocycles. The van der Waals surface area contributed by atoms with Gasteiger partial charge in [0, 0.05) is 31.6 Å². The fourth-order valence-corrected chi connectivity index (χ4v) is 4.13. The number of hydrogen-bond donors (Lipinski definition) is 0. The Kier molecular flexibility index (Phi) is 4.21. The Hall–Kier alpha value is -2.32. The first kappa shape index (κ1) is 17.8. The number of cyclic esters (lactones) is 1. The van der Waals surface area contributed by atoms with Gasteiger partial charge in [0.2, 0.25) is 5.76 Å². The molecule has 1 saturated carbocycles. The van der Waals surface area contributed by atoms with Crippen LogP contribution in [-0.4, -0.2) is 66.2 Å². The first-order valence-electron chi connectivity index (χ1n) is 9.43. The molecule has 3 aliphatic rings. The van der Waals surface area contributed by atoms with Crippen molar-refractivity contribution in [1.82, 2.24) is 14.9 Å². The van der Waals surface area contributed by atoms with Crippen molar-refractivity contribution in [2.75, 3.05) is 39.3 Å². The van der Waals surface area contributed by atoms with Crippen LogP contribution in [0.1, 0.15) is 34.9 Å². The van der Waals surface area contributed by atoms with Crippen LogP contribution in [0.25, 0.3) is 11.0 Å². The van der Waals surface area contributed by atoms with Crippen molar-refractivity contribution in [2.45, 2.75) is 18.8 Å². The van der Waals surface area contributed by atoms with Crippen molar-refractivity contribution < 1.29 is 23.1 Å². The van der Waals surface area contributed by atoms with Crippen LogP contribution in [0.4, 0.5) is 9.18 Å². The molecular formula is C19H19ClFN3O4. The van der Waals surface area contributed by atoms with Crippen molar-refractivity contribution >= 4 is 34.6 Å². The molecule has 0 spiro atoms. The molecule has 7 nitrogen and oxygen atoms in total. The van der Waals surface area contributed by atoms with Gasteiger partial charge in [0.25, 0.3) is 5.91 Å². The molecule has 2 saturated heterocycles. The minimum atomic E-state index is -0.488. The lowest BCUT2D eigenvalue weighted by Gasteiger charge is -2.37. The van der Waals surface area contributed by atoms with Gasteiger partial charge in [-0.05, 0) is 36.5 Å². The van der Waals surface area contributed by atoms with Gasteiger partial charge in [-0.15, -0.1) is 0 Å². The summed E-state index contributed by atoms with van der Waals surface area (Å²) in [5.74, 6) is -0.512. The maximum Gasteiger partial charge on any atom is 0.424 e. The quantitative estimate of drug-likeness (QED) is 0.781. The third kappa shape index (κ3) is 2.91. The van der Waals surface area contributed by atoms with Gasteiger partial charge < -0.3 is 14.1 Å². The molecular weight excluding hydrogens is 389 g/mol. The molecule has 0 atom stereocenters. The number of carbonyl (C=O) groups is 2. The molecule has 0 radical (unpaired) electrons. The van der Waals surface area contributed by atoms with Gasteiger partial charge in [0.1, 0.15) is 11.6 Å². The van der Waals surface area contributed by atoms with E-state index in [0.717, 1.165) is 18.4 Å². The Labute approximate surface area is 165 Å². The van der Waals surface area contributed by atoms with E-state index >= 15 is 0 Å². The Morgan fingerprint density at radius 1 is 1.14 bits per heavy atom. The van der Waals surface area contributed by atoms with E-state index < -0.39 is 5.82 Å². The van der Waals surface area contributed by atoms with Crippen LogP contribution in [0.15, 0.2) is 16.5 Å². The number of furan rings is 1. The van der Waals surface area contributed by atoms with Crippen LogP contribution >= 0.6 is 11.6 Å². The maximum atomic E-state index is 14.5. The first-order chi connectivity index (χ1) is 13.5. The lowest BCUT2D eigenvalue weighted by Crippen LogP contribution is -2.55. The fourth-order valence-electron chi connectivity index (χ4n) is 3.87. The largest absolute Gasteiger partial charge is 0.447 e. The second-order valence-corrected chi connectivity index (χ2v) is 7.76. The van der Waals surface area contributed by atoms with E-state index in [1.165, 1.54) is 6.07 Å². The van der Waals surface area contributed by atoms with Gasteiger partial charge >= 0.3 is 6.09 Å². The highest BCUT2D eigenvalue weighted by Crippen LogP contribution is 2.43. The van der Waals surface area contributed by atoms with Crippen molar-refractivity contribution in [3.05, 3.63) is 34.3 Å². The smallest absolute Gasteiger partial charge is 0.424 e. The summed E-state index contributed by atoms with van der Waals surface area (Å²) in [4.78, 5) is 26.2. The predicted molar refractivity (Wildman–Crippen MR) is 98.7 cm³/mol. The monoisotopic (exact) mass is 407 g/mol. The van der Waals surface area contributed by atoms with Crippen molar-refractivity contribution in [3.8, 4) is 0 Å². The number of amides is 2. The molecule has 3 fully saturated rings. The summed E-state index contributed by atoms with van der Waals surface area (Å²) >= 11 is 6.40. The molecule has 0 N–H and O–H groups in total. The number of fused-ring (bicyclic) bond motifs is 1. The molecule has 9 heteroatoms. The molecule has 5 rings (SSSR count). The van der Waals surface area contributed by atoms with Gasteiger partial charge in [-0.2, -0.15) is 0 Å². The van der Waals surface area contributed by atoms with Crippen molar-refractivity contribution in [1.29, 1.82) is 0 Å². The second kappa shape index (κ2) is 6.63. The van der Waals surface area contributed by atoms with Gasteiger partial charge in [0.15, 0.2) is 11.4 Å². The van der Waals surface area contributed by atoms with Gasteiger partial charge in [-0.3, -0.25) is 4.79 Å². The summed E-state index contributed by atoms with van der Waals surface area (Å²) in [6.45, 7) is 2.71. The van der Waals surface area contributed by atoms with Crippen LogP contribution in [0.2, 0.25) is 5.02 Å². The lowest BCUT2D eigenvalue weighted by atomic mass is 10.1. The van der Waals surface area contributed by atoms with E-state index in [9.17, 15) is 14.0 Å². The number of hydrazine groups is 1. The van der Waals surface area contributed by atoms with Crippen molar-refractivity contribution in [3.63, 3.8) is 0 Å². The Morgan fingerprint density at radius 3 is 2.54 bits per heavy atom. The topological polar surface area (TPSA) is 66.2 Å². The number of rotatable bonds is 3. The Morgan fingerprint density at radius 2 is 1.89 bits per heavy atom. The maximum absolute atomic E-state index is 14.5. The highest BCUT2D eigenvalue weighted by molar-refractivity contribution is 6.38. The van der Waals surface area contributed by atoms with Crippen molar-refractivity contribution in [2.24, 2.45) is 0 Å². The Balaban J connectivity index is 1.35. The van der Waals surface area contributed by atoms with Gasteiger partial charge in [-0.1, -0.05) is 11.6 Å². The summed E-state index contributed by atoms with van der Waals surface area (Å²) in [5.41, 5.74) is 0.925. The molecule has 2 amide bonds. The van der Waals surface area contributed by atoms with E-state index in [1.54, 1.807) is 9.91 Å². The number of halogens is 2. The molecule has 2 aromatic rings. The van der Waals surface area contributed by atoms with Crippen LogP contribution in [0.5, 0.6) is 0 Å². The van der Waals surface area contributed by atoms with Crippen LogP contribution in [-0.2, 0) is 4.74 Å². The number of ether oxygens (including phenoxy) is 1. The molecule has 0 unspecified atom stereocenters. The standard InChI is InChI=1S/C19H19ClFN3O4/c20-15-13-9-12(11-1-2-11)10-14(21)16(13)28-17(15)18(25)22-3-5-23(6-4-22)24-7-8-27-19(24)26/h9-11H,1-8H2. The number of carbonyl (C=O) groups excluding carboxylic acids is 2. The summed E-state index contributed by atoms with van der Waals surface area (Å²) in [6.07, 6.45) is 1.73. The SMILES string of the molecule is O=C(c1oc2c(F)cc(C3CC3)cc2c1Cl)N1CCN(N2CCOC2=O)CC1. The highest BCUT2D eigenvalue weighted by atomic mass is 35.5. The van der Waals surface area contributed by atoms with Crippen LogP contribution < -0.4 is 0 Å². The van der Waals surface area contributed by atoms with E-state index in [0.29, 0.717) is 50.6 Å². The van der Waals surface area contributed by atoms with Gasteiger partial charge in [-0.25, -0.2) is 19.2 Å². The zero-order chi connectivity index (χ0) is 19.4. The third-order valence-electron chi connectivity index (χ3n) is 5.57. The molecule has 1 aromatic carbocycles. The third-order valence-corrected chi connectivity index (χ3v) is 5.95. The fraction of sp³-hybridized carbons (Fsp3) is 0.474. The molecule has 148 valence electrons. The summed E-state index contributed by atoms with van der Waals surface area (Å²) in [6, 6.07) is 3.30. The number of hydrogen-bond acceptors (Lipinski definition) is 5. The van der Waals surface area contributed by atoms with E-state index in [-0.39, 0.29) is 28.4 Å². The number of nitrogens with zero attached hydrogens (tertiary/aromatic N) is 3. The molecule has 0 bridgehead atoms. The average Bonchev–Trinajstić information content (AvgIpc) is 3.38. The number of benzene rings is 1. The van der Waals surface area contributed by atoms with Crippen LogP contribution in [0.3, 0.4) is 0 Å². The molecule has 2 aliphatic heterocycles. The average molecular weight is 408 g/mol. The summed E-state index contributed by atoms with van der Waals surface area (Å²) < 4.78 is 25.0. The van der Waals surface area contributed by atoms with Crippen LogP contribution in [0, 0.1) is 5.82 Å². The minimum absolute atomic E-state index is 0.0243. The minimum Gasteiger partial charge on any atom is -0.447 e. The molecule has 1 aromatic heterocycles. The van der Waals surface area contributed by atoms with E-state index in [2.05, 4.69) is 0 Å². The summed E-state index contributed by atoms with van der Waals surface area (Å²) in [5, 5.41) is 4.04. The zero-order valence-electron chi connectivity index (χ0n) is 15.1. The summed E-state index contributed by atoms with van der Waals surface area (Å²) in [7, 11) is 0. The normalized spacial score (nSPS) is 20.9. The highest BCUT2D eigenvalue weighted by Gasteiger charge is 2.34. The Bertz CT molecular complexity index is 966. The molecule has 1 aliphatic carbocycles. The molecule has 28 heavy (non-hydrogen) atoms. The van der Waals surface area contributed by atoms with E-state index in [4.69, 9.17) is 20.8 Å². The predicted octanol–water partition coefficient (Wildman–Crippen LogP) is 3.23. The first-order valence-corrected chi connectivity index (χ1v) is 9.80. The van der Waals surface area contributed by atoms with E-state index in [1.807, 2.05) is 11.1 Å². The van der Waals surface area contributed by atoms with Gasteiger partial charge in [0.05, 0.1) is 6.54 Å². The number of piperazine rings is 1.